The Kier molecular flexibility index (Phi) is 8.07. The molecule has 29 heavy (non-hydrogen) atoms. The van der Waals surface area contributed by atoms with E-state index in [-0.39, 0.29) is 23.3 Å². The lowest BCUT2D eigenvalue weighted by Crippen LogP contribution is -2.30. The van der Waals surface area contributed by atoms with Crippen LogP contribution in [0.15, 0.2) is 47.4 Å². The van der Waals surface area contributed by atoms with Gasteiger partial charge in [0.15, 0.2) is 0 Å². The smallest absolute Gasteiger partial charge is 0.243 e. The van der Waals surface area contributed by atoms with E-state index in [4.69, 9.17) is 16.3 Å². The Labute approximate surface area is 177 Å². The Balaban J connectivity index is 2.33. The fraction of sp³-hybridized carbons (Fsp3) is 0.381. The Hall–Kier alpha value is -2.09. The average molecular weight is 439 g/mol. The summed E-state index contributed by atoms with van der Waals surface area (Å²) in [5.74, 6) is 0.140. The molecule has 0 aromatic heterocycles. The van der Waals surface area contributed by atoms with E-state index in [2.05, 4.69) is 5.32 Å². The molecule has 0 atom stereocenters. The van der Waals surface area contributed by atoms with Crippen molar-refractivity contribution in [3.8, 4) is 5.75 Å². The van der Waals surface area contributed by atoms with Crippen LogP contribution < -0.4 is 10.1 Å². The van der Waals surface area contributed by atoms with Crippen LogP contribution in [0.3, 0.4) is 0 Å². The van der Waals surface area contributed by atoms with Crippen LogP contribution in [0.1, 0.15) is 33.3 Å². The summed E-state index contributed by atoms with van der Waals surface area (Å²) < 4.78 is 32.8. The molecule has 0 saturated carbocycles. The van der Waals surface area contributed by atoms with Gasteiger partial charge in [-0.05, 0) is 49.7 Å². The van der Waals surface area contributed by atoms with Crippen LogP contribution in [0, 0.1) is 0 Å². The topological polar surface area (TPSA) is 75.7 Å². The molecule has 0 spiro atoms. The zero-order chi connectivity index (χ0) is 21.6. The first kappa shape index (κ1) is 23.2. The number of rotatable bonds is 9. The standard InChI is InChI=1S/C21H27ClN2O4S/c1-5-24(6-2)29(26,27)18-11-12-20(28-15(3)4)19(14-18)23-21(25)13-16-7-9-17(22)10-8-16/h7-12,14-15H,5-6,13H2,1-4H3,(H,23,25). The molecule has 8 heteroatoms. The second-order valence-corrected chi connectivity index (χ2v) is 9.14. The summed E-state index contributed by atoms with van der Waals surface area (Å²) in [6, 6.07) is 11.5. The molecule has 2 aromatic rings. The van der Waals surface area contributed by atoms with Gasteiger partial charge in [-0.3, -0.25) is 4.79 Å². The van der Waals surface area contributed by atoms with Crippen LogP contribution in [0.2, 0.25) is 5.02 Å². The summed E-state index contributed by atoms with van der Waals surface area (Å²) in [5.41, 5.74) is 1.12. The summed E-state index contributed by atoms with van der Waals surface area (Å²) in [4.78, 5) is 12.7. The first-order valence-corrected chi connectivity index (χ1v) is 11.3. The maximum absolute atomic E-state index is 12.8. The van der Waals surface area contributed by atoms with Gasteiger partial charge >= 0.3 is 0 Å². The Bertz CT molecular complexity index is 940. The largest absolute Gasteiger partial charge is 0.489 e. The number of benzene rings is 2. The van der Waals surface area contributed by atoms with Crippen molar-refractivity contribution in [2.24, 2.45) is 0 Å². The van der Waals surface area contributed by atoms with Gasteiger partial charge in [0.25, 0.3) is 0 Å². The molecule has 1 N–H and O–H groups in total. The van der Waals surface area contributed by atoms with Gasteiger partial charge in [0.05, 0.1) is 23.1 Å². The van der Waals surface area contributed by atoms with E-state index in [0.29, 0.717) is 29.5 Å². The minimum absolute atomic E-state index is 0.110. The SMILES string of the molecule is CCN(CC)S(=O)(=O)c1ccc(OC(C)C)c(NC(=O)Cc2ccc(Cl)cc2)c1. The van der Waals surface area contributed by atoms with Crippen LogP contribution in [0.4, 0.5) is 5.69 Å². The van der Waals surface area contributed by atoms with Gasteiger partial charge in [0, 0.05) is 18.1 Å². The predicted molar refractivity (Wildman–Crippen MR) is 116 cm³/mol. The molecule has 0 radical (unpaired) electrons. The van der Waals surface area contributed by atoms with Crippen molar-refractivity contribution >= 4 is 33.2 Å². The highest BCUT2D eigenvalue weighted by Crippen LogP contribution is 2.30. The van der Waals surface area contributed by atoms with E-state index >= 15 is 0 Å². The third kappa shape index (κ3) is 6.19. The summed E-state index contributed by atoms with van der Waals surface area (Å²) in [6.45, 7) is 8.01. The quantitative estimate of drug-likeness (QED) is 0.631. The van der Waals surface area contributed by atoms with Gasteiger partial charge in [-0.15, -0.1) is 0 Å². The van der Waals surface area contributed by atoms with E-state index in [1.54, 1.807) is 44.2 Å². The average Bonchev–Trinajstić information content (AvgIpc) is 2.65. The zero-order valence-electron chi connectivity index (χ0n) is 17.1. The molecule has 0 bridgehead atoms. The Morgan fingerprint density at radius 1 is 1.10 bits per heavy atom. The number of hydrogen-bond donors (Lipinski definition) is 1. The maximum atomic E-state index is 12.8. The number of anilines is 1. The second kappa shape index (κ2) is 10.1. The molecule has 0 heterocycles. The number of nitrogens with zero attached hydrogens (tertiary/aromatic N) is 1. The number of carbonyl (C=O) groups excluding carboxylic acids is 1. The predicted octanol–water partition coefficient (Wildman–Crippen LogP) is 4.34. The molecule has 158 valence electrons. The first-order valence-electron chi connectivity index (χ1n) is 9.52. The number of nitrogens with one attached hydrogen (secondary N) is 1. The molecule has 0 aliphatic carbocycles. The number of carbonyl (C=O) groups is 1. The minimum atomic E-state index is -3.66. The molecule has 2 rings (SSSR count). The summed E-state index contributed by atoms with van der Waals surface area (Å²) >= 11 is 5.88. The highest BCUT2D eigenvalue weighted by atomic mass is 35.5. The molecule has 0 unspecified atom stereocenters. The van der Waals surface area contributed by atoms with Crippen LogP contribution in [0.25, 0.3) is 0 Å². The molecule has 2 aromatic carbocycles. The summed E-state index contributed by atoms with van der Waals surface area (Å²) in [7, 11) is -3.66. The van der Waals surface area contributed by atoms with E-state index in [1.165, 1.54) is 16.4 Å². The number of ether oxygens (including phenoxy) is 1. The van der Waals surface area contributed by atoms with Crippen molar-refractivity contribution in [1.82, 2.24) is 4.31 Å². The van der Waals surface area contributed by atoms with Crippen molar-refractivity contribution in [2.75, 3.05) is 18.4 Å². The van der Waals surface area contributed by atoms with Gasteiger partial charge < -0.3 is 10.1 Å². The molecular formula is C21H27ClN2O4S. The summed E-state index contributed by atoms with van der Waals surface area (Å²) in [6.07, 6.45) is -0.00199. The number of sulfonamides is 1. The van der Waals surface area contributed by atoms with Crippen molar-refractivity contribution in [1.29, 1.82) is 0 Å². The normalized spacial score (nSPS) is 11.7. The zero-order valence-corrected chi connectivity index (χ0v) is 18.7. The van der Waals surface area contributed by atoms with E-state index < -0.39 is 10.0 Å². The lowest BCUT2D eigenvalue weighted by Gasteiger charge is -2.20. The first-order chi connectivity index (χ1) is 13.7. The third-order valence-electron chi connectivity index (χ3n) is 4.21. The number of amides is 1. The monoisotopic (exact) mass is 438 g/mol. The van der Waals surface area contributed by atoms with E-state index in [1.807, 2.05) is 13.8 Å². The van der Waals surface area contributed by atoms with Crippen molar-refractivity contribution in [3.63, 3.8) is 0 Å². The van der Waals surface area contributed by atoms with Crippen LogP contribution in [0.5, 0.6) is 5.75 Å². The second-order valence-electron chi connectivity index (χ2n) is 6.77. The third-order valence-corrected chi connectivity index (χ3v) is 6.51. The number of hydrogen-bond acceptors (Lipinski definition) is 4. The van der Waals surface area contributed by atoms with Crippen LogP contribution >= 0.6 is 11.6 Å². The fourth-order valence-corrected chi connectivity index (χ4v) is 4.43. The molecule has 0 saturated heterocycles. The number of halogens is 1. The molecular weight excluding hydrogens is 412 g/mol. The molecule has 0 aliphatic rings. The lowest BCUT2D eigenvalue weighted by molar-refractivity contribution is -0.115. The molecule has 1 amide bonds. The Morgan fingerprint density at radius 3 is 2.28 bits per heavy atom. The summed E-state index contributed by atoms with van der Waals surface area (Å²) in [5, 5.41) is 3.38. The Morgan fingerprint density at radius 2 is 1.72 bits per heavy atom. The van der Waals surface area contributed by atoms with Crippen LogP contribution in [-0.2, 0) is 21.2 Å². The van der Waals surface area contributed by atoms with Gasteiger partial charge in [0.2, 0.25) is 15.9 Å². The van der Waals surface area contributed by atoms with Gasteiger partial charge in [-0.1, -0.05) is 37.6 Å². The molecule has 0 fully saturated rings. The van der Waals surface area contributed by atoms with E-state index in [0.717, 1.165) is 5.56 Å². The van der Waals surface area contributed by atoms with E-state index in [9.17, 15) is 13.2 Å². The van der Waals surface area contributed by atoms with Crippen molar-refractivity contribution < 1.29 is 17.9 Å². The molecule has 0 aliphatic heterocycles. The minimum Gasteiger partial charge on any atom is -0.489 e. The van der Waals surface area contributed by atoms with Crippen LogP contribution in [-0.4, -0.2) is 37.8 Å². The van der Waals surface area contributed by atoms with Gasteiger partial charge in [-0.2, -0.15) is 4.31 Å². The van der Waals surface area contributed by atoms with Crippen molar-refractivity contribution in [3.05, 3.63) is 53.1 Å². The maximum Gasteiger partial charge on any atom is 0.243 e. The highest BCUT2D eigenvalue weighted by molar-refractivity contribution is 7.89. The van der Waals surface area contributed by atoms with Gasteiger partial charge in [-0.25, -0.2) is 8.42 Å². The molecule has 6 nitrogen and oxygen atoms in total. The fourth-order valence-electron chi connectivity index (χ4n) is 2.82. The van der Waals surface area contributed by atoms with Gasteiger partial charge in [0.1, 0.15) is 5.75 Å². The van der Waals surface area contributed by atoms with Crippen molar-refractivity contribution in [2.45, 2.75) is 45.1 Å². The highest BCUT2D eigenvalue weighted by Gasteiger charge is 2.23. The lowest BCUT2D eigenvalue weighted by atomic mass is 10.1.